The molecule has 2 heteroatoms. The van der Waals surface area contributed by atoms with Crippen molar-refractivity contribution in [3.63, 3.8) is 0 Å². The minimum absolute atomic E-state index is 1.12. The molecule has 10 rings (SSSR count). The Morgan fingerprint density at radius 3 is 1.60 bits per heavy atom. The molecule has 1 aliphatic carbocycles. The number of aromatic nitrogens is 1. The molecule has 1 heterocycles. The van der Waals surface area contributed by atoms with Gasteiger partial charge in [-0.15, -0.1) is 0 Å². The van der Waals surface area contributed by atoms with Crippen LogP contribution < -0.4 is 4.90 Å². The summed E-state index contributed by atoms with van der Waals surface area (Å²) < 4.78 is 2.48. The van der Waals surface area contributed by atoms with Gasteiger partial charge in [0.1, 0.15) is 0 Å². The van der Waals surface area contributed by atoms with Crippen LogP contribution in [0.1, 0.15) is 0 Å². The van der Waals surface area contributed by atoms with Crippen molar-refractivity contribution in [3.05, 3.63) is 182 Å². The maximum Gasteiger partial charge on any atom is 0.0553 e. The van der Waals surface area contributed by atoms with Gasteiger partial charge >= 0.3 is 0 Å². The predicted molar refractivity (Wildman–Crippen MR) is 203 cm³/mol. The third-order valence-corrected chi connectivity index (χ3v) is 9.88. The Morgan fingerprint density at radius 2 is 0.917 bits per heavy atom. The number of nitrogens with zero attached hydrogens (tertiary/aromatic N) is 2. The second kappa shape index (κ2) is 10.6. The molecule has 0 amide bonds. The second-order valence-corrected chi connectivity index (χ2v) is 12.6. The van der Waals surface area contributed by atoms with Crippen LogP contribution in [0.15, 0.2) is 182 Å². The molecule has 0 saturated heterocycles. The lowest BCUT2D eigenvalue weighted by Crippen LogP contribution is -2.09. The number of para-hydroxylation sites is 2. The summed E-state index contributed by atoms with van der Waals surface area (Å²) in [6.07, 6.45) is 0. The van der Waals surface area contributed by atoms with Crippen LogP contribution in [-0.4, -0.2) is 4.57 Å². The zero-order valence-corrected chi connectivity index (χ0v) is 26.2. The largest absolute Gasteiger partial charge is 0.311 e. The van der Waals surface area contributed by atoms with Crippen LogP contribution in [0.3, 0.4) is 0 Å². The van der Waals surface area contributed by atoms with Crippen molar-refractivity contribution < 1.29 is 0 Å². The lowest BCUT2D eigenvalue weighted by atomic mass is 9.92. The van der Waals surface area contributed by atoms with Crippen LogP contribution in [0.2, 0.25) is 0 Å². The fourth-order valence-corrected chi connectivity index (χ4v) is 7.82. The van der Waals surface area contributed by atoms with E-state index in [0.29, 0.717) is 0 Å². The highest BCUT2D eigenvalue weighted by atomic mass is 15.1. The van der Waals surface area contributed by atoms with Crippen molar-refractivity contribution >= 4 is 49.6 Å². The van der Waals surface area contributed by atoms with E-state index < -0.39 is 0 Å². The van der Waals surface area contributed by atoms with Crippen LogP contribution in [0, 0.1) is 0 Å². The molecule has 9 aromatic rings. The van der Waals surface area contributed by atoms with Crippen molar-refractivity contribution in [3.8, 4) is 39.1 Å². The zero-order chi connectivity index (χ0) is 31.6. The normalized spacial score (nSPS) is 11.8. The van der Waals surface area contributed by atoms with Crippen molar-refractivity contribution in [2.24, 2.45) is 0 Å². The van der Waals surface area contributed by atoms with Crippen LogP contribution in [0.4, 0.5) is 17.1 Å². The molecule has 0 unspecified atom stereocenters. The fourth-order valence-electron chi connectivity index (χ4n) is 7.82. The molecule has 0 fully saturated rings. The Hall–Kier alpha value is -6.38. The van der Waals surface area contributed by atoms with Crippen LogP contribution in [-0.2, 0) is 0 Å². The van der Waals surface area contributed by atoms with Crippen LogP contribution >= 0.6 is 0 Å². The predicted octanol–water partition coefficient (Wildman–Crippen LogP) is 12.7. The third kappa shape index (κ3) is 4.00. The van der Waals surface area contributed by atoms with Gasteiger partial charge in [0.2, 0.25) is 0 Å². The number of rotatable bonds is 5. The van der Waals surface area contributed by atoms with Crippen molar-refractivity contribution in [2.75, 3.05) is 4.90 Å². The molecule has 0 saturated carbocycles. The molecule has 0 aliphatic heterocycles. The molecule has 48 heavy (non-hydrogen) atoms. The molecule has 0 bridgehead atoms. The first kappa shape index (κ1) is 26.8. The van der Waals surface area contributed by atoms with Crippen molar-refractivity contribution in [2.45, 2.75) is 0 Å². The molecule has 0 radical (unpaired) electrons. The Kier molecular flexibility index (Phi) is 5.91. The first-order valence-electron chi connectivity index (χ1n) is 16.5. The van der Waals surface area contributed by atoms with Gasteiger partial charge in [-0.25, -0.2) is 0 Å². The number of anilines is 3. The summed E-state index contributed by atoms with van der Waals surface area (Å²) >= 11 is 0. The van der Waals surface area contributed by atoms with E-state index in [-0.39, 0.29) is 0 Å². The second-order valence-electron chi connectivity index (χ2n) is 12.6. The summed E-state index contributed by atoms with van der Waals surface area (Å²) in [7, 11) is 0. The Labute approximate surface area is 279 Å². The Balaban J connectivity index is 1.27. The molecule has 1 aromatic heterocycles. The third-order valence-electron chi connectivity index (χ3n) is 9.88. The Morgan fingerprint density at radius 1 is 0.333 bits per heavy atom. The molecule has 2 nitrogen and oxygen atoms in total. The van der Waals surface area contributed by atoms with Gasteiger partial charge in [0.05, 0.1) is 11.0 Å². The van der Waals surface area contributed by atoms with E-state index in [9.17, 15) is 0 Å². The average molecular weight is 611 g/mol. The standard InChI is InChI=1S/C46H30N2/c1-4-13-31(14-5-1)33-29-41-39-21-11-10-20-38(39)40-22-12-15-32-23-28-42-46(44(32)40)45(41)43(30-33)48(42)37-26-24-36(25-27-37)47(34-16-6-2-7-17-34)35-18-8-3-9-19-35/h1-30H. The van der Waals surface area contributed by atoms with Gasteiger partial charge in [0.25, 0.3) is 0 Å². The number of fused-ring (bicyclic) bond motifs is 3. The van der Waals surface area contributed by atoms with Gasteiger partial charge in [-0.3, -0.25) is 0 Å². The molecule has 8 aromatic carbocycles. The lowest BCUT2D eigenvalue weighted by Gasteiger charge is -2.25. The first-order chi connectivity index (χ1) is 23.8. The summed E-state index contributed by atoms with van der Waals surface area (Å²) in [4.78, 5) is 2.32. The van der Waals surface area contributed by atoms with E-state index in [0.717, 1.165) is 22.7 Å². The lowest BCUT2D eigenvalue weighted by molar-refractivity contribution is 1.17. The fraction of sp³-hybridized carbons (Fsp3) is 0. The highest BCUT2D eigenvalue weighted by molar-refractivity contribution is 6.30. The van der Waals surface area contributed by atoms with E-state index in [1.54, 1.807) is 0 Å². The topological polar surface area (TPSA) is 8.17 Å². The smallest absolute Gasteiger partial charge is 0.0553 e. The van der Waals surface area contributed by atoms with Gasteiger partial charge in [-0.05, 0) is 111 Å². The van der Waals surface area contributed by atoms with Crippen LogP contribution in [0.25, 0.3) is 71.6 Å². The van der Waals surface area contributed by atoms with Crippen LogP contribution in [0.5, 0.6) is 0 Å². The summed E-state index contributed by atoms with van der Waals surface area (Å²) in [5.74, 6) is 0. The van der Waals surface area contributed by atoms with Gasteiger partial charge in [-0.1, -0.05) is 115 Å². The van der Waals surface area contributed by atoms with Crippen molar-refractivity contribution in [1.29, 1.82) is 0 Å². The number of benzene rings is 8. The monoisotopic (exact) mass is 610 g/mol. The van der Waals surface area contributed by atoms with Crippen molar-refractivity contribution in [1.82, 2.24) is 4.57 Å². The highest BCUT2D eigenvalue weighted by Gasteiger charge is 2.25. The van der Waals surface area contributed by atoms with E-state index in [1.807, 2.05) is 0 Å². The molecular weight excluding hydrogens is 581 g/mol. The van der Waals surface area contributed by atoms with E-state index in [4.69, 9.17) is 0 Å². The minimum Gasteiger partial charge on any atom is -0.311 e. The summed E-state index contributed by atoms with van der Waals surface area (Å²) in [6, 6.07) is 66.1. The summed E-state index contributed by atoms with van der Waals surface area (Å²) in [5.41, 5.74) is 14.5. The maximum absolute atomic E-state index is 2.48. The summed E-state index contributed by atoms with van der Waals surface area (Å²) in [6.45, 7) is 0. The molecule has 0 N–H and O–H groups in total. The number of hydrogen-bond acceptors (Lipinski definition) is 1. The quantitative estimate of drug-likeness (QED) is 0.188. The first-order valence-corrected chi connectivity index (χ1v) is 16.5. The van der Waals surface area contributed by atoms with E-state index >= 15 is 0 Å². The molecule has 0 spiro atoms. The maximum atomic E-state index is 2.48. The van der Waals surface area contributed by atoms with Gasteiger partial charge in [0, 0.05) is 33.5 Å². The molecular formula is C46H30N2. The zero-order valence-electron chi connectivity index (χ0n) is 26.2. The van der Waals surface area contributed by atoms with Gasteiger partial charge in [-0.2, -0.15) is 0 Å². The molecule has 0 atom stereocenters. The van der Waals surface area contributed by atoms with E-state index in [2.05, 4.69) is 191 Å². The molecule has 224 valence electrons. The highest BCUT2D eigenvalue weighted by Crippen LogP contribution is 2.50. The van der Waals surface area contributed by atoms with E-state index in [1.165, 1.54) is 66.0 Å². The SMILES string of the molecule is c1ccc(-c2cc3c4c5c6c(cccc6ccc5n(-c5ccc(N(c6ccccc6)c6ccccc6)cc5)c4c2)-c2ccccc2-3)cc1. The molecule has 1 aliphatic rings. The Bertz CT molecular complexity index is 2600. The van der Waals surface area contributed by atoms with Gasteiger partial charge in [0.15, 0.2) is 0 Å². The average Bonchev–Trinajstić information content (AvgIpc) is 3.44. The minimum atomic E-state index is 1.12. The number of hydrogen-bond donors (Lipinski definition) is 0. The summed E-state index contributed by atoms with van der Waals surface area (Å²) in [5, 5.41) is 5.23. The van der Waals surface area contributed by atoms with Gasteiger partial charge < -0.3 is 9.47 Å².